The molecule has 1 fully saturated rings. The Balaban J connectivity index is 0.00000161. The molecule has 3 rings (SSSR count). The van der Waals surface area contributed by atoms with Gasteiger partial charge in [0.15, 0.2) is 0 Å². The summed E-state index contributed by atoms with van der Waals surface area (Å²) in [4.78, 5) is 14.4. The SMILES string of the molecule is Cl.O=C(CC1CCNCC1)N1CCc2ccc(O)cc2C1. The van der Waals surface area contributed by atoms with Crippen molar-refractivity contribution in [2.24, 2.45) is 5.92 Å². The number of phenolic OH excluding ortho intramolecular Hbond substituents is 1. The molecule has 0 aliphatic carbocycles. The van der Waals surface area contributed by atoms with Crippen molar-refractivity contribution in [3.63, 3.8) is 0 Å². The van der Waals surface area contributed by atoms with Crippen LogP contribution in [0.25, 0.3) is 0 Å². The van der Waals surface area contributed by atoms with E-state index in [1.165, 1.54) is 5.56 Å². The van der Waals surface area contributed by atoms with E-state index in [9.17, 15) is 9.90 Å². The molecule has 2 heterocycles. The van der Waals surface area contributed by atoms with Gasteiger partial charge in [-0.15, -0.1) is 12.4 Å². The first-order valence-corrected chi connectivity index (χ1v) is 7.51. The molecule has 2 aliphatic heterocycles. The van der Waals surface area contributed by atoms with E-state index in [0.717, 1.165) is 44.5 Å². The molecule has 116 valence electrons. The molecule has 5 heteroatoms. The van der Waals surface area contributed by atoms with Crippen LogP contribution in [-0.2, 0) is 17.8 Å². The van der Waals surface area contributed by atoms with Gasteiger partial charge in [-0.1, -0.05) is 6.07 Å². The number of halogens is 1. The second kappa shape index (κ2) is 7.14. The van der Waals surface area contributed by atoms with Gasteiger partial charge in [-0.3, -0.25) is 4.79 Å². The third-order valence-corrected chi connectivity index (χ3v) is 4.48. The molecule has 2 N–H and O–H groups in total. The van der Waals surface area contributed by atoms with Gasteiger partial charge in [-0.25, -0.2) is 0 Å². The summed E-state index contributed by atoms with van der Waals surface area (Å²) in [5.74, 6) is 1.09. The van der Waals surface area contributed by atoms with Crippen LogP contribution in [0.4, 0.5) is 0 Å². The van der Waals surface area contributed by atoms with E-state index in [0.29, 0.717) is 18.9 Å². The highest BCUT2D eigenvalue weighted by Crippen LogP contribution is 2.25. The van der Waals surface area contributed by atoms with Gasteiger partial charge in [0.25, 0.3) is 0 Å². The number of fused-ring (bicyclic) bond motifs is 1. The van der Waals surface area contributed by atoms with Crippen LogP contribution in [0.1, 0.15) is 30.4 Å². The van der Waals surface area contributed by atoms with Gasteiger partial charge in [-0.05, 0) is 61.5 Å². The summed E-state index contributed by atoms with van der Waals surface area (Å²) in [6.45, 7) is 3.53. The van der Waals surface area contributed by atoms with Gasteiger partial charge in [0.2, 0.25) is 5.91 Å². The highest BCUT2D eigenvalue weighted by atomic mass is 35.5. The third-order valence-electron chi connectivity index (χ3n) is 4.48. The van der Waals surface area contributed by atoms with E-state index in [1.54, 1.807) is 12.1 Å². The number of amides is 1. The van der Waals surface area contributed by atoms with Gasteiger partial charge in [0.1, 0.15) is 5.75 Å². The van der Waals surface area contributed by atoms with Crippen LogP contribution in [0.5, 0.6) is 5.75 Å². The Labute approximate surface area is 131 Å². The molecule has 1 saturated heterocycles. The lowest BCUT2D eigenvalue weighted by molar-refractivity contribution is -0.133. The van der Waals surface area contributed by atoms with E-state index >= 15 is 0 Å². The minimum Gasteiger partial charge on any atom is -0.508 e. The summed E-state index contributed by atoms with van der Waals surface area (Å²) in [5.41, 5.74) is 2.35. The number of hydrogen-bond donors (Lipinski definition) is 2. The second-order valence-electron chi connectivity index (χ2n) is 5.92. The van der Waals surface area contributed by atoms with Gasteiger partial charge < -0.3 is 15.3 Å². The van der Waals surface area contributed by atoms with Crippen LogP contribution in [0, 0.1) is 5.92 Å². The summed E-state index contributed by atoms with van der Waals surface area (Å²) in [6.07, 6.45) is 3.79. The molecule has 0 bridgehead atoms. The zero-order valence-corrected chi connectivity index (χ0v) is 13.0. The number of aromatic hydroxyl groups is 1. The van der Waals surface area contributed by atoms with Crippen LogP contribution in [0.2, 0.25) is 0 Å². The standard InChI is InChI=1S/C16H22N2O2.ClH/c19-15-2-1-13-5-8-18(11-14(13)10-15)16(20)9-12-3-6-17-7-4-12;/h1-2,10,12,17,19H,3-9,11H2;1H. The number of nitrogens with zero attached hydrogens (tertiary/aromatic N) is 1. The Morgan fingerprint density at radius 1 is 1.29 bits per heavy atom. The number of benzene rings is 1. The number of carbonyl (C=O) groups excluding carboxylic acids is 1. The molecule has 4 nitrogen and oxygen atoms in total. The normalized spacial score (nSPS) is 18.8. The number of piperidine rings is 1. The third kappa shape index (κ3) is 3.89. The number of phenols is 1. The number of carbonyl (C=O) groups is 1. The Morgan fingerprint density at radius 2 is 2.05 bits per heavy atom. The van der Waals surface area contributed by atoms with Crippen molar-refractivity contribution >= 4 is 18.3 Å². The summed E-state index contributed by atoms with van der Waals surface area (Å²) in [5, 5.41) is 12.9. The predicted octanol–water partition coefficient (Wildman–Crippen LogP) is 2.09. The van der Waals surface area contributed by atoms with Crippen LogP contribution >= 0.6 is 12.4 Å². The van der Waals surface area contributed by atoms with E-state index in [4.69, 9.17) is 0 Å². The first kappa shape index (κ1) is 16.1. The predicted molar refractivity (Wildman–Crippen MR) is 84.7 cm³/mol. The summed E-state index contributed by atoms with van der Waals surface area (Å²) >= 11 is 0. The lowest BCUT2D eigenvalue weighted by atomic mass is 9.93. The van der Waals surface area contributed by atoms with Gasteiger partial charge in [0.05, 0.1) is 0 Å². The van der Waals surface area contributed by atoms with Crippen LogP contribution in [0.3, 0.4) is 0 Å². The lowest BCUT2D eigenvalue weighted by Gasteiger charge is -2.31. The maximum atomic E-state index is 12.4. The van der Waals surface area contributed by atoms with Crippen molar-refractivity contribution in [2.75, 3.05) is 19.6 Å². The molecule has 1 aromatic rings. The fraction of sp³-hybridized carbons (Fsp3) is 0.562. The van der Waals surface area contributed by atoms with Crippen LogP contribution < -0.4 is 5.32 Å². The molecule has 0 atom stereocenters. The Kier molecular flexibility index (Phi) is 5.48. The summed E-state index contributed by atoms with van der Waals surface area (Å²) in [7, 11) is 0. The lowest BCUT2D eigenvalue weighted by Crippen LogP contribution is -2.38. The molecule has 1 aromatic carbocycles. The zero-order chi connectivity index (χ0) is 13.9. The van der Waals surface area contributed by atoms with E-state index in [2.05, 4.69) is 5.32 Å². The molecule has 0 spiro atoms. The molecule has 1 amide bonds. The zero-order valence-electron chi connectivity index (χ0n) is 12.2. The Hall–Kier alpha value is -1.26. The van der Waals surface area contributed by atoms with Crippen molar-refractivity contribution in [2.45, 2.75) is 32.2 Å². The second-order valence-corrected chi connectivity index (χ2v) is 5.92. The highest BCUT2D eigenvalue weighted by Gasteiger charge is 2.24. The van der Waals surface area contributed by atoms with E-state index in [1.807, 2.05) is 11.0 Å². The first-order chi connectivity index (χ1) is 9.72. The molecule has 0 unspecified atom stereocenters. The van der Waals surface area contributed by atoms with E-state index < -0.39 is 0 Å². The van der Waals surface area contributed by atoms with Crippen LogP contribution in [0.15, 0.2) is 18.2 Å². The minimum atomic E-state index is 0. The fourth-order valence-electron chi connectivity index (χ4n) is 3.22. The average molecular weight is 311 g/mol. The molecule has 2 aliphatic rings. The van der Waals surface area contributed by atoms with Gasteiger partial charge >= 0.3 is 0 Å². The van der Waals surface area contributed by atoms with Gasteiger partial charge in [0, 0.05) is 19.5 Å². The average Bonchev–Trinajstić information content (AvgIpc) is 2.47. The molecular formula is C16H23ClN2O2. The van der Waals surface area contributed by atoms with Crippen molar-refractivity contribution in [1.29, 1.82) is 0 Å². The van der Waals surface area contributed by atoms with Gasteiger partial charge in [-0.2, -0.15) is 0 Å². The molecule has 0 aromatic heterocycles. The minimum absolute atomic E-state index is 0. The molecule has 0 saturated carbocycles. The van der Waals surface area contributed by atoms with Crippen LogP contribution in [-0.4, -0.2) is 35.5 Å². The van der Waals surface area contributed by atoms with Crippen molar-refractivity contribution in [1.82, 2.24) is 10.2 Å². The first-order valence-electron chi connectivity index (χ1n) is 7.51. The van der Waals surface area contributed by atoms with Crippen molar-refractivity contribution in [3.8, 4) is 5.75 Å². The highest BCUT2D eigenvalue weighted by molar-refractivity contribution is 5.85. The largest absolute Gasteiger partial charge is 0.508 e. The monoisotopic (exact) mass is 310 g/mol. The molecular weight excluding hydrogens is 288 g/mol. The summed E-state index contributed by atoms with van der Waals surface area (Å²) in [6, 6.07) is 5.49. The molecule has 21 heavy (non-hydrogen) atoms. The topological polar surface area (TPSA) is 52.6 Å². The Morgan fingerprint density at radius 3 is 2.81 bits per heavy atom. The van der Waals surface area contributed by atoms with Crippen molar-refractivity contribution in [3.05, 3.63) is 29.3 Å². The molecule has 0 radical (unpaired) electrons. The smallest absolute Gasteiger partial charge is 0.223 e. The van der Waals surface area contributed by atoms with Crippen molar-refractivity contribution < 1.29 is 9.90 Å². The maximum Gasteiger partial charge on any atom is 0.223 e. The number of nitrogens with one attached hydrogen (secondary N) is 1. The maximum absolute atomic E-state index is 12.4. The number of hydrogen-bond acceptors (Lipinski definition) is 3. The quantitative estimate of drug-likeness (QED) is 0.879. The summed E-state index contributed by atoms with van der Waals surface area (Å²) < 4.78 is 0. The van der Waals surface area contributed by atoms with E-state index in [-0.39, 0.29) is 24.1 Å². The Bertz CT molecular complexity index is 501. The number of rotatable bonds is 2. The fourth-order valence-corrected chi connectivity index (χ4v) is 3.22.